The summed E-state index contributed by atoms with van der Waals surface area (Å²) in [6, 6.07) is 28.7. The molecule has 144 valence electrons. The van der Waals surface area contributed by atoms with Crippen LogP contribution in [0.15, 0.2) is 102 Å². The molecule has 1 heterocycles. The topological polar surface area (TPSA) is 76.2 Å². The summed E-state index contributed by atoms with van der Waals surface area (Å²) in [5, 5.41) is 12.3. The molecule has 1 unspecified atom stereocenters. The van der Waals surface area contributed by atoms with Crippen LogP contribution in [0, 0.1) is 0 Å². The second-order valence-corrected chi connectivity index (χ2v) is 7.55. The molecule has 4 nitrogen and oxygen atoms in total. The summed E-state index contributed by atoms with van der Waals surface area (Å²) in [6.07, 6.45) is 0. The molecule has 3 N–H and O–H groups in total. The molecule has 0 radical (unpaired) electrons. The first-order valence-electron chi connectivity index (χ1n) is 9.19. The molecule has 4 rings (SSSR count). The summed E-state index contributed by atoms with van der Waals surface area (Å²) in [5.41, 5.74) is 8.20. The highest BCUT2D eigenvalue weighted by Gasteiger charge is 2.59. The Morgan fingerprint density at radius 1 is 0.793 bits per heavy atom. The summed E-state index contributed by atoms with van der Waals surface area (Å²) < 4.78 is 0. The summed E-state index contributed by atoms with van der Waals surface area (Å²) in [4.78, 5) is 17.3. The molecule has 0 aliphatic carbocycles. The minimum absolute atomic E-state index is 0.326. The van der Waals surface area contributed by atoms with E-state index in [4.69, 9.17) is 5.73 Å². The highest BCUT2D eigenvalue weighted by Crippen LogP contribution is 2.50. The number of nitrogens with two attached hydrogens (primary N) is 1. The number of benzene rings is 3. The van der Waals surface area contributed by atoms with Crippen molar-refractivity contribution in [2.24, 2.45) is 5.73 Å². The Kier molecular flexibility index (Phi) is 5.01. The van der Waals surface area contributed by atoms with E-state index in [0.29, 0.717) is 5.69 Å². The number of carboxylic acids is 1. The maximum atomic E-state index is 12.9. The summed E-state index contributed by atoms with van der Waals surface area (Å²) >= 11 is 1.33. The molecule has 4 aromatic rings. The number of carbonyl (C=O) groups is 1. The van der Waals surface area contributed by atoms with E-state index in [2.05, 4.69) is 4.98 Å². The molecule has 3 aromatic carbocycles. The lowest BCUT2D eigenvalue weighted by Gasteiger charge is -2.46. The van der Waals surface area contributed by atoms with Crippen molar-refractivity contribution < 1.29 is 9.90 Å². The van der Waals surface area contributed by atoms with Crippen molar-refractivity contribution in [1.29, 1.82) is 0 Å². The molecule has 0 spiro atoms. The zero-order valence-corrected chi connectivity index (χ0v) is 16.4. The molecule has 0 saturated heterocycles. The quantitative estimate of drug-likeness (QED) is 0.470. The van der Waals surface area contributed by atoms with Gasteiger partial charge in [-0.25, -0.2) is 9.78 Å². The van der Waals surface area contributed by atoms with E-state index in [1.165, 1.54) is 11.3 Å². The van der Waals surface area contributed by atoms with E-state index in [-0.39, 0.29) is 0 Å². The Bertz CT molecular complexity index is 987. The van der Waals surface area contributed by atoms with E-state index in [1.54, 1.807) is 10.9 Å². The first-order valence-corrected chi connectivity index (χ1v) is 10.1. The van der Waals surface area contributed by atoms with Crippen LogP contribution < -0.4 is 5.73 Å². The van der Waals surface area contributed by atoms with Gasteiger partial charge in [-0.1, -0.05) is 91.0 Å². The molecule has 0 aliphatic rings. The van der Waals surface area contributed by atoms with Crippen molar-refractivity contribution in [3.8, 4) is 0 Å². The smallest absolute Gasteiger partial charge is 0.331 e. The molecular weight excluding hydrogens is 380 g/mol. The predicted octanol–water partition coefficient (Wildman–Crippen LogP) is 4.42. The predicted molar refractivity (Wildman–Crippen MR) is 115 cm³/mol. The average molecular weight is 401 g/mol. The Morgan fingerprint density at radius 2 is 1.21 bits per heavy atom. The Balaban J connectivity index is 2.21. The van der Waals surface area contributed by atoms with Crippen molar-refractivity contribution in [1.82, 2.24) is 4.98 Å². The van der Waals surface area contributed by atoms with Crippen molar-refractivity contribution in [2.75, 3.05) is 0 Å². The minimum Gasteiger partial charge on any atom is -0.480 e. The van der Waals surface area contributed by atoms with Gasteiger partial charge in [0.05, 0.1) is 16.6 Å². The lowest BCUT2D eigenvalue weighted by Crippen LogP contribution is -2.62. The maximum absolute atomic E-state index is 12.9. The van der Waals surface area contributed by atoms with Crippen LogP contribution in [0.1, 0.15) is 22.4 Å². The van der Waals surface area contributed by atoms with E-state index in [1.807, 2.05) is 91.0 Å². The molecular formula is C24H20N2O2S. The number of aliphatic carboxylic acids is 1. The minimum atomic E-state index is -1.84. The van der Waals surface area contributed by atoms with Gasteiger partial charge in [0.1, 0.15) is 0 Å². The van der Waals surface area contributed by atoms with Crippen LogP contribution in [0.4, 0.5) is 0 Å². The van der Waals surface area contributed by atoms with E-state index >= 15 is 0 Å². The fourth-order valence-electron chi connectivity index (χ4n) is 4.12. The van der Waals surface area contributed by atoms with Gasteiger partial charge in [0, 0.05) is 5.38 Å². The van der Waals surface area contributed by atoms with E-state index in [0.717, 1.165) is 16.7 Å². The van der Waals surface area contributed by atoms with Crippen LogP contribution in [0.25, 0.3) is 0 Å². The molecule has 0 amide bonds. The first-order chi connectivity index (χ1) is 14.1. The number of nitrogens with zero attached hydrogens (tertiary/aromatic N) is 1. The molecule has 29 heavy (non-hydrogen) atoms. The molecule has 1 aromatic heterocycles. The van der Waals surface area contributed by atoms with Gasteiger partial charge in [-0.2, -0.15) is 0 Å². The lowest BCUT2D eigenvalue weighted by molar-refractivity contribution is -0.146. The SMILES string of the molecule is NC(C(=O)O)(c1cscn1)C(c1ccccc1)(c1ccccc1)c1ccccc1. The number of rotatable bonds is 6. The fraction of sp³-hybridized carbons (Fsp3) is 0.0833. The van der Waals surface area contributed by atoms with Crippen molar-refractivity contribution >= 4 is 17.3 Å². The second-order valence-electron chi connectivity index (χ2n) is 6.83. The Labute approximate surface area is 173 Å². The van der Waals surface area contributed by atoms with Crippen molar-refractivity contribution in [2.45, 2.75) is 11.0 Å². The van der Waals surface area contributed by atoms with Crippen LogP contribution in [0.2, 0.25) is 0 Å². The number of thiazole rings is 1. The molecule has 0 bridgehead atoms. The number of carboxylic acid groups (broad SMARTS) is 1. The Hall–Kier alpha value is -3.28. The average Bonchev–Trinajstić information content (AvgIpc) is 3.32. The number of aromatic nitrogens is 1. The summed E-state index contributed by atoms with van der Waals surface area (Å²) in [7, 11) is 0. The Morgan fingerprint density at radius 3 is 1.52 bits per heavy atom. The van der Waals surface area contributed by atoms with Crippen LogP contribution >= 0.6 is 11.3 Å². The zero-order valence-electron chi connectivity index (χ0n) is 15.6. The largest absolute Gasteiger partial charge is 0.480 e. The van der Waals surface area contributed by atoms with Gasteiger partial charge in [0.15, 0.2) is 5.54 Å². The second kappa shape index (κ2) is 7.62. The highest BCUT2D eigenvalue weighted by molar-refractivity contribution is 7.07. The molecule has 1 atom stereocenters. The first kappa shape index (κ1) is 19.1. The molecule has 0 fully saturated rings. The van der Waals surface area contributed by atoms with Crippen molar-refractivity contribution in [3.63, 3.8) is 0 Å². The molecule has 0 aliphatic heterocycles. The van der Waals surface area contributed by atoms with Crippen LogP contribution in [0.5, 0.6) is 0 Å². The lowest BCUT2D eigenvalue weighted by atomic mass is 9.57. The van der Waals surface area contributed by atoms with Crippen molar-refractivity contribution in [3.05, 3.63) is 124 Å². The third kappa shape index (κ3) is 2.87. The number of hydrogen-bond acceptors (Lipinski definition) is 4. The third-order valence-electron chi connectivity index (χ3n) is 5.39. The standard InChI is InChI=1S/C24H20N2O2S/c25-24(22(27)28,21-16-29-17-26-21)23(18-10-4-1-5-11-18,19-12-6-2-7-13-19)20-14-8-3-9-15-20/h1-17H,25H2,(H,27,28). The maximum Gasteiger partial charge on any atom is 0.331 e. The van der Waals surface area contributed by atoms with Gasteiger partial charge in [-0.3, -0.25) is 0 Å². The zero-order chi connectivity index (χ0) is 20.3. The monoisotopic (exact) mass is 400 g/mol. The third-order valence-corrected chi connectivity index (χ3v) is 5.97. The normalized spacial score (nSPS) is 13.6. The molecule has 0 saturated carbocycles. The van der Waals surface area contributed by atoms with Crippen LogP contribution in [-0.2, 0) is 15.7 Å². The van der Waals surface area contributed by atoms with Gasteiger partial charge in [-0.05, 0) is 16.7 Å². The van der Waals surface area contributed by atoms with Gasteiger partial charge in [-0.15, -0.1) is 11.3 Å². The molecule has 5 heteroatoms. The van der Waals surface area contributed by atoms with Crippen LogP contribution in [0.3, 0.4) is 0 Å². The van der Waals surface area contributed by atoms with E-state index < -0.39 is 16.9 Å². The fourth-order valence-corrected chi connectivity index (χ4v) is 4.73. The summed E-state index contributed by atoms with van der Waals surface area (Å²) in [6.45, 7) is 0. The van der Waals surface area contributed by atoms with Gasteiger partial charge >= 0.3 is 5.97 Å². The van der Waals surface area contributed by atoms with Gasteiger partial charge in [0.2, 0.25) is 0 Å². The highest BCUT2D eigenvalue weighted by atomic mass is 32.1. The van der Waals surface area contributed by atoms with Crippen LogP contribution in [-0.4, -0.2) is 16.1 Å². The summed E-state index contributed by atoms with van der Waals surface area (Å²) in [5.74, 6) is -1.14. The number of hydrogen-bond donors (Lipinski definition) is 2. The van der Waals surface area contributed by atoms with Gasteiger partial charge in [0.25, 0.3) is 0 Å². The van der Waals surface area contributed by atoms with E-state index in [9.17, 15) is 9.90 Å². The van der Waals surface area contributed by atoms with Gasteiger partial charge < -0.3 is 10.8 Å².